The summed E-state index contributed by atoms with van der Waals surface area (Å²) in [6, 6.07) is 12.0. The second-order valence-corrected chi connectivity index (χ2v) is 5.47. The summed E-state index contributed by atoms with van der Waals surface area (Å²) in [5.74, 6) is 0. The first kappa shape index (κ1) is 16.4. The molecule has 0 aliphatic carbocycles. The van der Waals surface area contributed by atoms with Crippen LogP contribution in [0.25, 0.3) is 0 Å². The van der Waals surface area contributed by atoms with E-state index in [9.17, 15) is 15.2 Å². The summed E-state index contributed by atoms with van der Waals surface area (Å²) in [5.41, 5.74) is 2.36. The molecule has 0 heterocycles. The number of halogens is 1. The fourth-order valence-corrected chi connectivity index (χ4v) is 2.48. The Kier molecular flexibility index (Phi) is 5.49. The molecule has 2 N–H and O–H groups in total. The highest BCUT2D eigenvalue weighted by molar-refractivity contribution is 6.30. The summed E-state index contributed by atoms with van der Waals surface area (Å²) >= 11 is 5.88. The van der Waals surface area contributed by atoms with Gasteiger partial charge in [-0.1, -0.05) is 35.9 Å². The van der Waals surface area contributed by atoms with Crippen molar-refractivity contribution in [1.82, 2.24) is 5.32 Å². The highest BCUT2D eigenvalue weighted by atomic mass is 35.5. The predicted molar refractivity (Wildman–Crippen MR) is 86.0 cm³/mol. The van der Waals surface area contributed by atoms with E-state index in [4.69, 9.17) is 11.6 Å². The normalized spacial score (nSPS) is 12.1. The minimum atomic E-state index is -0.667. The maximum atomic E-state index is 11.0. The van der Waals surface area contributed by atoms with Gasteiger partial charge in [0.05, 0.1) is 11.0 Å². The van der Waals surface area contributed by atoms with E-state index >= 15 is 0 Å². The van der Waals surface area contributed by atoms with Crippen LogP contribution in [0.15, 0.2) is 42.5 Å². The van der Waals surface area contributed by atoms with Crippen molar-refractivity contribution in [2.24, 2.45) is 0 Å². The van der Waals surface area contributed by atoms with Crippen molar-refractivity contribution < 1.29 is 10.0 Å². The molecule has 0 saturated carbocycles. The molecule has 0 saturated heterocycles. The van der Waals surface area contributed by atoms with Crippen LogP contribution in [0.2, 0.25) is 5.02 Å². The topological polar surface area (TPSA) is 75.4 Å². The fraction of sp³-hybridized carbons (Fsp3) is 0.250. The van der Waals surface area contributed by atoms with Crippen molar-refractivity contribution >= 4 is 17.3 Å². The molecular weight excluding hydrogens is 304 g/mol. The SMILES string of the molecule is Cc1ccccc1C(O)CNCc1cc(Cl)ccc1[N+](=O)[O-]. The van der Waals surface area contributed by atoms with Crippen LogP contribution in [0.4, 0.5) is 5.69 Å². The van der Waals surface area contributed by atoms with Gasteiger partial charge in [0.25, 0.3) is 5.69 Å². The Morgan fingerprint density at radius 3 is 2.73 bits per heavy atom. The summed E-state index contributed by atoms with van der Waals surface area (Å²) in [4.78, 5) is 10.5. The summed E-state index contributed by atoms with van der Waals surface area (Å²) in [6.45, 7) is 2.49. The number of nitro groups is 1. The maximum Gasteiger partial charge on any atom is 0.273 e. The standard InChI is InChI=1S/C16H17ClN2O3/c1-11-4-2-3-5-14(11)16(20)10-18-9-12-8-13(17)6-7-15(12)19(21)22/h2-8,16,18,20H,9-10H2,1H3. The average Bonchev–Trinajstić information content (AvgIpc) is 2.47. The Labute approximate surface area is 133 Å². The molecule has 6 heteroatoms. The Morgan fingerprint density at radius 1 is 1.32 bits per heavy atom. The highest BCUT2D eigenvalue weighted by Crippen LogP contribution is 2.23. The van der Waals surface area contributed by atoms with Crippen LogP contribution >= 0.6 is 11.6 Å². The van der Waals surface area contributed by atoms with Gasteiger partial charge in [0.2, 0.25) is 0 Å². The Bertz CT molecular complexity index is 676. The number of aryl methyl sites for hydroxylation is 1. The van der Waals surface area contributed by atoms with E-state index in [1.54, 1.807) is 6.07 Å². The lowest BCUT2D eigenvalue weighted by atomic mass is 10.0. The molecule has 0 amide bonds. The maximum absolute atomic E-state index is 11.0. The molecule has 116 valence electrons. The minimum absolute atomic E-state index is 0.0160. The Morgan fingerprint density at radius 2 is 2.05 bits per heavy atom. The summed E-state index contributed by atoms with van der Waals surface area (Å²) < 4.78 is 0. The van der Waals surface area contributed by atoms with Gasteiger partial charge in [0.1, 0.15) is 0 Å². The van der Waals surface area contributed by atoms with E-state index in [0.717, 1.165) is 11.1 Å². The zero-order valence-corrected chi connectivity index (χ0v) is 12.9. The molecule has 0 spiro atoms. The Balaban J connectivity index is 2.01. The van der Waals surface area contributed by atoms with E-state index in [2.05, 4.69) is 5.32 Å². The molecule has 0 aromatic heterocycles. The van der Waals surface area contributed by atoms with E-state index in [1.165, 1.54) is 12.1 Å². The molecule has 0 aliphatic rings. The van der Waals surface area contributed by atoms with E-state index in [1.807, 2.05) is 31.2 Å². The first-order chi connectivity index (χ1) is 10.5. The quantitative estimate of drug-likeness (QED) is 0.632. The van der Waals surface area contributed by atoms with Crippen LogP contribution in [0.3, 0.4) is 0 Å². The summed E-state index contributed by atoms with van der Waals surface area (Å²) in [6.07, 6.45) is -0.667. The molecule has 1 unspecified atom stereocenters. The molecule has 2 aromatic carbocycles. The van der Waals surface area contributed by atoms with E-state index in [-0.39, 0.29) is 12.2 Å². The number of hydrogen-bond donors (Lipinski definition) is 2. The van der Waals surface area contributed by atoms with Gasteiger partial charge in [-0.15, -0.1) is 0 Å². The van der Waals surface area contributed by atoms with Crippen molar-refractivity contribution in [3.8, 4) is 0 Å². The molecule has 0 radical (unpaired) electrons. The van der Waals surface area contributed by atoms with Crippen molar-refractivity contribution in [3.63, 3.8) is 0 Å². The predicted octanol–water partition coefficient (Wildman–Crippen LogP) is 3.38. The van der Waals surface area contributed by atoms with Crippen molar-refractivity contribution in [1.29, 1.82) is 0 Å². The van der Waals surface area contributed by atoms with Gasteiger partial charge in [-0.3, -0.25) is 10.1 Å². The molecular formula is C16H17ClN2O3. The lowest BCUT2D eigenvalue weighted by Crippen LogP contribution is -2.22. The number of nitrogens with zero attached hydrogens (tertiary/aromatic N) is 1. The third kappa shape index (κ3) is 4.04. The number of aliphatic hydroxyl groups is 1. The number of rotatable bonds is 6. The molecule has 0 aliphatic heterocycles. The first-order valence-corrected chi connectivity index (χ1v) is 7.24. The van der Waals surface area contributed by atoms with Gasteiger partial charge < -0.3 is 10.4 Å². The zero-order valence-electron chi connectivity index (χ0n) is 12.1. The average molecular weight is 321 g/mol. The van der Waals surface area contributed by atoms with Gasteiger partial charge in [-0.05, 0) is 30.2 Å². The first-order valence-electron chi connectivity index (χ1n) is 6.86. The number of aliphatic hydroxyl groups excluding tert-OH is 1. The molecule has 22 heavy (non-hydrogen) atoms. The lowest BCUT2D eigenvalue weighted by Gasteiger charge is -2.14. The second kappa shape index (κ2) is 7.35. The van der Waals surface area contributed by atoms with Gasteiger partial charge in [0, 0.05) is 29.7 Å². The number of benzene rings is 2. The lowest BCUT2D eigenvalue weighted by molar-refractivity contribution is -0.385. The van der Waals surface area contributed by atoms with Crippen molar-refractivity contribution in [2.75, 3.05) is 6.54 Å². The van der Waals surface area contributed by atoms with Gasteiger partial charge in [-0.25, -0.2) is 0 Å². The van der Waals surface area contributed by atoms with Crippen molar-refractivity contribution in [2.45, 2.75) is 19.6 Å². The van der Waals surface area contributed by atoms with Crippen LogP contribution in [0, 0.1) is 17.0 Å². The zero-order chi connectivity index (χ0) is 16.1. The van der Waals surface area contributed by atoms with Gasteiger partial charge >= 0.3 is 0 Å². The number of nitro benzene ring substituents is 1. The van der Waals surface area contributed by atoms with E-state index < -0.39 is 11.0 Å². The van der Waals surface area contributed by atoms with Crippen LogP contribution in [0.1, 0.15) is 22.8 Å². The Hall–Kier alpha value is -1.95. The highest BCUT2D eigenvalue weighted by Gasteiger charge is 2.15. The molecule has 0 bridgehead atoms. The fourth-order valence-electron chi connectivity index (χ4n) is 2.29. The van der Waals surface area contributed by atoms with Gasteiger partial charge in [-0.2, -0.15) is 0 Å². The van der Waals surface area contributed by atoms with E-state index in [0.29, 0.717) is 17.1 Å². The molecule has 2 aromatic rings. The molecule has 1 atom stereocenters. The smallest absolute Gasteiger partial charge is 0.273 e. The minimum Gasteiger partial charge on any atom is -0.387 e. The van der Waals surface area contributed by atoms with Crippen molar-refractivity contribution in [3.05, 3.63) is 74.3 Å². The summed E-state index contributed by atoms with van der Waals surface area (Å²) in [7, 11) is 0. The molecule has 5 nitrogen and oxygen atoms in total. The third-order valence-electron chi connectivity index (χ3n) is 3.44. The molecule has 2 rings (SSSR count). The van der Waals surface area contributed by atoms with Crippen LogP contribution < -0.4 is 5.32 Å². The third-order valence-corrected chi connectivity index (χ3v) is 3.67. The largest absolute Gasteiger partial charge is 0.387 e. The van der Waals surface area contributed by atoms with Crippen LogP contribution in [0.5, 0.6) is 0 Å². The second-order valence-electron chi connectivity index (χ2n) is 5.03. The molecule has 0 fully saturated rings. The monoisotopic (exact) mass is 320 g/mol. The number of hydrogen-bond acceptors (Lipinski definition) is 4. The van der Waals surface area contributed by atoms with Crippen LogP contribution in [-0.4, -0.2) is 16.6 Å². The summed E-state index contributed by atoms with van der Waals surface area (Å²) in [5, 5.41) is 24.7. The van der Waals surface area contributed by atoms with Crippen LogP contribution in [-0.2, 0) is 6.54 Å². The number of nitrogens with one attached hydrogen (secondary N) is 1. The van der Waals surface area contributed by atoms with Gasteiger partial charge in [0.15, 0.2) is 0 Å².